The molecule has 2 rings (SSSR count). The van der Waals surface area contributed by atoms with Crippen molar-refractivity contribution < 1.29 is 9.18 Å². The standard InChI is InChI=1S/C14H16BrClFNO/c15-9-6-7-12(17)10(8-9)14(19)18-13-5-3-1-2-4-11(13)16/h6-8,11,13H,1-5H2,(H,18,19). The fourth-order valence-corrected chi connectivity index (χ4v) is 3.05. The zero-order valence-electron chi connectivity index (χ0n) is 10.5. The first kappa shape index (κ1) is 14.8. The molecule has 0 aliphatic heterocycles. The van der Waals surface area contributed by atoms with Gasteiger partial charge in [0.15, 0.2) is 0 Å². The van der Waals surface area contributed by atoms with Crippen molar-refractivity contribution in [1.82, 2.24) is 5.32 Å². The van der Waals surface area contributed by atoms with Gasteiger partial charge in [0.2, 0.25) is 0 Å². The summed E-state index contributed by atoms with van der Waals surface area (Å²) >= 11 is 9.51. The monoisotopic (exact) mass is 347 g/mol. The Bertz CT molecular complexity index is 469. The molecule has 1 aromatic carbocycles. The summed E-state index contributed by atoms with van der Waals surface area (Å²) in [5.74, 6) is -0.906. The van der Waals surface area contributed by atoms with Crippen LogP contribution in [0.25, 0.3) is 0 Å². The fourth-order valence-electron chi connectivity index (χ4n) is 2.34. The van der Waals surface area contributed by atoms with E-state index >= 15 is 0 Å². The molecule has 104 valence electrons. The van der Waals surface area contributed by atoms with Crippen LogP contribution in [0, 0.1) is 5.82 Å². The lowest BCUT2D eigenvalue weighted by Gasteiger charge is -2.21. The van der Waals surface area contributed by atoms with E-state index in [2.05, 4.69) is 21.2 Å². The van der Waals surface area contributed by atoms with Gasteiger partial charge in [0.1, 0.15) is 5.82 Å². The van der Waals surface area contributed by atoms with E-state index in [1.807, 2.05) is 0 Å². The van der Waals surface area contributed by atoms with Gasteiger partial charge in [0, 0.05) is 10.5 Å². The van der Waals surface area contributed by atoms with E-state index in [4.69, 9.17) is 11.6 Å². The minimum Gasteiger partial charge on any atom is -0.348 e. The number of rotatable bonds is 2. The lowest BCUT2D eigenvalue weighted by atomic mass is 10.1. The Morgan fingerprint density at radius 2 is 2.05 bits per heavy atom. The highest BCUT2D eigenvalue weighted by atomic mass is 79.9. The normalized spacial score (nSPS) is 23.7. The van der Waals surface area contributed by atoms with Crippen LogP contribution in [0.3, 0.4) is 0 Å². The molecule has 0 radical (unpaired) electrons. The molecule has 1 N–H and O–H groups in total. The minimum absolute atomic E-state index is 0.0579. The smallest absolute Gasteiger partial charge is 0.254 e. The zero-order chi connectivity index (χ0) is 13.8. The average Bonchev–Trinajstić information content (AvgIpc) is 2.58. The fraction of sp³-hybridized carbons (Fsp3) is 0.500. The van der Waals surface area contributed by atoms with Gasteiger partial charge in [-0.2, -0.15) is 0 Å². The predicted molar refractivity (Wildman–Crippen MR) is 78.1 cm³/mol. The predicted octanol–water partition coefficient (Wildman–Crippen LogP) is 4.26. The highest BCUT2D eigenvalue weighted by Crippen LogP contribution is 2.23. The van der Waals surface area contributed by atoms with E-state index < -0.39 is 11.7 Å². The zero-order valence-corrected chi connectivity index (χ0v) is 12.8. The van der Waals surface area contributed by atoms with Gasteiger partial charge >= 0.3 is 0 Å². The summed E-state index contributed by atoms with van der Waals surface area (Å²) in [6.07, 6.45) is 5.03. The third-order valence-electron chi connectivity index (χ3n) is 3.42. The molecular weight excluding hydrogens is 333 g/mol. The highest BCUT2D eigenvalue weighted by molar-refractivity contribution is 9.10. The van der Waals surface area contributed by atoms with Crippen molar-refractivity contribution in [3.05, 3.63) is 34.1 Å². The van der Waals surface area contributed by atoms with Crippen LogP contribution in [0.4, 0.5) is 4.39 Å². The van der Waals surface area contributed by atoms with Gasteiger partial charge in [0.25, 0.3) is 5.91 Å². The Morgan fingerprint density at radius 1 is 1.32 bits per heavy atom. The Kier molecular flexibility index (Phi) is 5.22. The van der Waals surface area contributed by atoms with Crippen LogP contribution >= 0.6 is 27.5 Å². The Morgan fingerprint density at radius 3 is 2.84 bits per heavy atom. The lowest BCUT2D eigenvalue weighted by molar-refractivity contribution is 0.0930. The number of alkyl halides is 1. The molecule has 1 amide bonds. The van der Waals surface area contributed by atoms with Gasteiger partial charge in [-0.3, -0.25) is 4.79 Å². The van der Waals surface area contributed by atoms with Crippen LogP contribution in [0.1, 0.15) is 42.5 Å². The van der Waals surface area contributed by atoms with Crippen molar-refractivity contribution in [2.24, 2.45) is 0 Å². The van der Waals surface area contributed by atoms with Crippen LogP contribution < -0.4 is 5.32 Å². The quantitative estimate of drug-likeness (QED) is 0.628. The Balaban J connectivity index is 2.09. The summed E-state index contributed by atoms with van der Waals surface area (Å²) in [5.41, 5.74) is 0.0579. The molecule has 1 aromatic rings. The molecule has 0 spiro atoms. The number of carbonyl (C=O) groups excluding carboxylic acids is 1. The molecule has 19 heavy (non-hydrogen) atoms. The van der Waals surface area contributed by atoms with E-state index in [0.29, 0.717) is 4.47 Å². The van der Waals surface area contributed by atoms with Crippen molar-refractivity contribution in [1.29, 1.82) is 0 Å². The van der Waals surface area contributed by atoms with Crippen LogP contribution in [0.15, 0.2) is 22.7 Å². The number of halogens is 3. The maximum atomic E-state index is 13.6. The molecule has 2 unspecified atom stereocenters. The van der Waals surface area contributed by atoms with Gasteiger partial charge in [-0.1, -0.05) is 35.2 Å². The minimum atomic E-state index is -0.513. The summed E-state index contributed by atoms with van der Waals surface area (Å²) in [4.78, 5) is 12.1. The van der Waals surface area contributed by atoms with Gasteiger partial charge in [0.05, 0.1) is 10.9 Å². The van der Waals surface area contributed by atoms with Crippen molar-refractivity contribution in [3.8, 4) is 0 Å². The molecule has 0 aromatic heterocycles. The first-order valence-electron chi connectivity index (χ1n) is 6.48. The van der Waals surface area contributed by atoms with Crippen LogP contribution in [0.2, 0.25) is 0 Å². The van der Waals surface area contributed by atoms with Crippen LogP contribution in [0.5, 0.6) is 0 Å². The van der Waals surface area contributed by atoms with E-state index in [9.17, 15) is 9.18 Å². The van der Waals surface area contributed by atoms with Crippen molar-refractivity contribution in [2.75, 3.05) is 0 Å². The first-order valence-corrected chi connectivity index (χ1v) is 7.71. The lowest BCUT2D eigenvalue weighted by Crippen LogP contribution is -2.40. The summed E-state index contributed by atoms with van der Waals surface area (Å²) in [5, 5.41) is 2.79. The molecule has 5 heteroatoms. The van der Waals surface area contributed by atoms with Crippen molar-refractivity contribution >= 4 is 33.4 Å². The van der Waals surface area contributed by atoms with Gasteiger partial charge in [-0.25, -0.2) is 4.39 Å². The van der Waals surface area contributed by atoms with E-state index in [1.54, 1.807) is 6.07 Å². The van der Waals surface area contributed by atoms with Gasteiger partial charge in [-0.15, -0.1) is 11.6 Å². The van der Waals surface area contributed by atoms with E-state index in [0.717, 1.165) is 32.1 Å². The summed E-state index contributed by atoms with van der Waals surface area (Å²) in [6.45, 7) is 0. The summed E-state index contributed by atoms with van der Waals surface area (Å²) in [7, 11) is 0. The molecule has 1 aliphatic rings. The topological polar surface area (TPSA) is 29.1 Å². The van der Waals surface area contributed by atoms with Crippen molar-refractivity contribution in [2.45, 2.75) is 43.5 Å². The van der Waals surface area contributed by atoms with Gasteiger partial charge in [-0.05, 0) is 31.0 Å². The van der Waals surface area contributed by atoms with E-state index in [-0.39, 0.29) is 17.0 Å². The molecular formula is C14H16BrClFNO. The van der Waals surface area contributed by atoms with Crippen molar-refractivity contribution in [3.63, 3.8) is 0 Å². The van der Waals surface area contributed by atoms with Gasteiger partial charge < -0.3 is 5.32 Å². The molecule has 0 saturated heterocycles. The Labute approximate surface area is 125 Å². The number of benzene rings is 1. The van der Waals surface area contributed by atoms with Crippen LogP contribution in [-0.2, 0) is 0 Å². The second-order valence-corrected chi connectivity index (χ2v) is 6.33. The second-order valence-electron chi connectivity index (χ2n) is 4.86. The molecule has 2 atom stereocenters. The van der Waals surface area contributed by atoms with Crippen LogP contribution in [-0.4, -0.2) is 17.3 Å². The second kappa shape index (κ2) is 6.71. The highest BCUT2D eigenvalue weighted by Gasteiger charge is 2.24. The Hall–Kier alpha value is -0.610. The third kappa shape index (κ3) is 3.93. The number of hydrogen-bond acceptors (Lipinski definition) is 1. The molecule has 2 nitrogen and oxygen atoms in total. The molecule has 1 aliphatic carbocycles. The average molecular weight is 349 g/mol. The maximum absolute atomic E-state index is 13.6. The first-order chi connectivity index (χ1) is 9.08. The summed E-state index contributed by atoms with van der Waals surface area (Å²) in [6, 6.07) is 4.27. The molecule has 0 bridgehead atoms. The largest absolute Gasteiger partial charge is 0.348 e. The number of nitrogens with one attached hydrogen (secondary N) is 1. The third-order valence-corrected chi connectivity index (χ3v) is 4.44. The summed E-state index contributed by atoms with van der Waals surface area (Å²) < 4.78 is 14.3. The molecule has 1 saturated carbocycles. The molecule has 0 heterocycles. The number of carbonyl (C=O) groups is 1. The van der Waals surface area contributed by atoms with E-state index in [1.165, 1.54) is 12.1 Å². The SMILES string of the molecule is O=C(NC1CCCCCC1Cl)c1cc(Br)ccc1F. The molecule has 1 fully saturated rings. The maximum Gasteiger partial charge on any atom is 0.254 e. The number of amides is 1. The number of hydrogen-bond donors (Lipinski definition) is 1.